The van der Waals surface area contributed by atoms with Crippen LogP contribution in [0.1, 0.15) is 11.1 Å². The van der Waals surface area contributed by atoms with Crippen molar-refractivity contribution >= 4 is 24.0 Å². The largest absolute Gasteiger partial charge is 0.507 e. The first kappa shape index (κ1) is 12.3. The van der Waals surface area contributed by atoms with Gasteiger partial charge in [0.15, 0.2) is 0 Å². The van der Waals surface area contributed by atoms with Gasteiger partial charge in [-0.25, -0.2) is 0 Å². The van der Waals surface area contributed by atoms with Gasteiger partial charge in [0.2, 0.25) is 0 Å². The van der Waals surface area contributed by atoms with E-state index in [0.717, 1.165) is 5.56 Å². The molecule has 0 aromatic heterocycles. The number of benzene rings is 2. The molecule has 0 aliphatic rings. The molecule has 0 atom stereocenters. The lowest BCUT2D eigenvalue weighted by molar-refractivity contribution is 0.474. The Hall–Kier alpha value is -2.13. The van der Waals surface area contributed by atoms with E-state index in [-0.39, 0.29) is 5.75 Å². The lowest BCUT2D eigenvalue weighted by Crippen LogP contribution is -1.82. The van der Waals surface area contributed by atoms with Gasteiger partial charge in [-0.1, -0.05) is 41.9 Å². The van der Waals surface area contributed by atoms with Gasteiger partial charge in [0, 0.05) is 16.1 Å². The number of nitrogens with zero attached hydrogens (tertiary/aromatic N) is 2. The number of aromatic hydroxyl groups is 1. The van der Waals surface area contributed by atoms with E-state index in [1.807, 2.05) is 24.3 Å². The van der Waals surface area contributed by atoms with Crippen molar-refractivity contribution in [3.8, 4) is 5.75 Å². The van der Waals surface area contributed by atoms with Crippen molar-refractivity contribution in [1.82, 2.24) is 0 Å². The lowest BCUT2D eigenvalue weighted by atomic mass is 10.2. The minimum atomic E-state index is 0.175. The first-order valence-corrected chi connectivity index (χ1v) is 5.74. The second-order valence-electron chi connectivity index (χ2n) is 3.57. The van der Waals surface area contributed by atoms with E-state index in [1.165, 1.54) is 6.21 Å². The zero-order chi connectivity index (χ0) is 12.8. The van der Waals surface area contributed by atoms with Crippen LogP contribution in [-0.4, -0.2) is 17.5 Å². The van der Waals surface area contributed by atoms with Crippen LogP contribution in [-0.2, 0) is 0 Å². The van der Waals surface area contributed by atoms with Crippen LogP contribution in [0.15, 0.2) is 58.7 Å². The van der Waals surface area contributed by atoms with Gasteiger partial charge in [0.05, 0.1) is 12.4 Å². The van der Waals surface area contributed by atoms with Crippen LogP contribution in [0.25, 0.3) is 0 Å². The molecule has 0 bridgehead atoms. The highest BCUT2D eigenvalue weighted by Crippen LogP contribution is 2.13. The molecule has 2 aromatic rings. The van der Waals surface area contributed by atoms with Crippen molar-refractivity contribution in [3.63, 3.8) is 0 Å². The maximum Gasteiger partial charge on any atom is 0.124 e. The first-order chi connectivity index (χ1) is 8.77. The second kappa shape index (κ2) is 5.98. The average Bonchev–Trinajstić information content (AvgIpc) is 2.38. The normalized spacial score (nSPS) is 11.4. The minimum Gasteiger partial charge on any atom is -0.507 e. The van der Waals surface area contributed by atoms with E-state index in [1.54, 1.807) is 30.5 Å². The Bertz CT molecular complexity index is 540. The van der Waals surface area contributed by atoms with Crippen LogP contribution in [0.3, 0.4) is 0 Å². The molecular weight excluding hydrogens is 248 g/mol. The SMILES string of the molecule is Oc1ccccc1/C=N/N=Cc1ccccc1Cl. The minimum absolute atomic E-state index is 0.175. The van der Waals surface area contributed by atoms with Gasteiger partial charge >= 0.3 is 0 Å². The molecule has 0 aliphatic heterocycles. The standard InChI is InChI=1S/C14H11ClN2O/c15-13-7-3-1-5-11(13)9-16-17-10-12-6-2-4-8-14(12)18/h1-10,18H/b16-9?,17-10+. The fraction of sp³-hybridized carbons (Fsp3) is 0. The third-order valence-corrected chi connectivity index (χ3v) is 2.65. The van der Waals surface area contributed by atoms with Crippen LogP contribution < -0.4 is 0 Å². The van der Waals surface area contributed by atoms with Crippen LogP contribution in [0.4, 0.5) is 0 Å². The average molecular weight is 259 g/mol. The summed E-state index contributed by atoms with van der Waals surface area (Å²) in [5.74, 6) is 0.175. The van der Waals surface area contributed by atoms with Gasteiger partial charge in [-0.3, -0.25) is 0 Å². The number of phenols is 1. The zero-order valence-electron chi connectivity index (χ0n) is 9.49. The third-order valence-electron chi connectivity index (χ3n) is 2.30. The molecule has 0 aliphatic carbocycles. The molecule has 0 fully saturated rings. The Morgan fingerprint density at radius 1 is 0.833 bits per heavy atom. The number of halogens is 1. The molecule has 0 saturated heterocycles. The molecule has 3 nitrogen and oxygen atoms in total. The number of phenolic OH excluding ortho intramolecular Hbond substituents is 1. The van der Waals surface area contributed by atoms with Crippen LogP contribution in [0.5, 0.6) is 5.75 Å². The quantitative estimate of drug-likeness (QED) is 0.665. The van der Waals surface area contributed by atoms with Crippen molar-refractivity contribution in [2.45, 2.75) is 0 Å². The predicted octanol–water partition coefficient (Wildman–Crippen LogP) is 3.50. The maximum absolute atomic E-state index is 9.51. The molecule has 0 saturated carbocycles. The molecule has 4 heteroatoms. The molecule has 0 unspecified atom stereocenters. The molecule has 2 aromatic carbocycles. The Morgan fingerprint density at radius 3 is 2.06 bits per heavy atom. The zero-order valence-corrected chi connectivity index (χ0v) is 10.2. The number of hydrogen-bond donors (Lipinski definition) is 1. The van der Waals surface area contributed by atoms with Gasteiger partial charge in [-0.15, -0.1) is 0 Å². The molecule has 0 spiro atoms. The fourth-order valence-corrected chi connectivity index (χ4v) is 1.55. The Labute approximate surface area is 110 Å². The Balaban J connectivity index is 2.08. The summed E-state index contributed by atoms with van der Waals surface area (Å²) in [5.41, 5.74) is 1.42. The Kier molecular flexibility index (Phi) is 4.10. The van der Waals surface area contributed by atoms with E-state index >= 15 is 0 Å². The van der Waals surface area contributed by atoms with Crippen LogP contribution in [0, 0.1) is 0 Å². The lowest BCUT2D eigenvalue weighted by Gasteiger charge is -1.95. The molecular formula is C14H11ClN2O. The van der Waals surface area contributed by atoms with Crippen molar-refractivity contribution in [2.75, 3.05) is 0 Å². The molecule has 1 N–H and O–H groups in total. The summed E-state index contributed by atoms with van der Waals surface area (Å²) in [7, 11) is 0. The highest BCUT2D eigenvalue weighted by atomic mass is 35.5. The van der Waals surface area contributed by atoms with E-state index in [2.05, 4.69) is 10.2 Å². The van der Waals surface area contributed by atoms with Gasteiger partial charge in [-0.2, -0.15) is 10.2 Å². The summed E-state index contributed by atoms with van der Waals surface area (Å²) in [6.07, 6.45) is 3.06. The van der Waals surface area contributed by atoms with E-state index in [4.69, 9.17) is 11.6 Å². The van der Waals surface area contributed by atoms with E-state index in [9.17, 15) is 5.11 Å². The molecule has 0 amide bonds. The van der Waals surface area contributed by atoms with Gasteiger partial charge < -0.3 is 5.11 Å². The van der Waals surface area contributed by atoms with E-state index < -0.39 is 0 Å². The summed E-state index contributed by atoms with van der Waals surface area (Å²) < 4.78 is 0. The third kappa shape index (κ3) is 3.18. The second-order valence-corrected chi connectivity index (χ2v) is 3.98. The smallest absolute Gasteiger partial charge is 0.124 e. The number of rotatable bonds is 3. The van der Waals surface area contributed by atoms with Crippen molar-refractivity contribution in [1.29, 1.82) is 0 Å². The van der Waals surface area contributed by atoms with Crippen LogP contribution in [0.2, 0.25) is 5.02 Å². The number of para-hydroxylation sites is 1. The Morgan fingerprint density at radius 2 is 1.39 bits per heavy atom. The fourth-order valence-electron chi connectivity index (χ4n) is 1.37. The molecule has 0 heterocycles. The highest BCUT2D eigenvalue weighted by molar-refractivity contribution is 6.33. The van der Waals surface area contributed by atoms with Crippen molar-refractivity contribution < 1.29 is 5.11 Å². The number of hydrogen-bond acceptors (Lipinski definition) is 3. The van der Waals surface area contributed by atoms with Crippen LogP contribution >= 0.6 is 11.6 Å². The topological polar surface area (TPSA) is 45.0 Å². The summed E-state index contributed by atoms with van der Waals surface area (Å²) in [4.78, 5) is 0. The van der Waals surface area contributed by atoms with Gasteiger partial charge in [0.1, 0.15) is 5.75 Å². The van der Waals surface area contributed by atoms with Crippen molar-refractivity contribution in [2.24, 2.45) is 10.2 Å². The first-order valence-electron chi connectivity index (χ1n) is 5.36. The van der Waals surface area contributed by atoms with Gasteiger partial charge in [-0.05, 0) is 18.2 Å². The molecule has 0 radical (unpaired) electrons. The molecule has 2 rings (SSSR count). The highest BCUT2D eigenvalue weighted by Gasteiger charge is 1.94. The van der Waals surface area contributed by atoms with Crippen molar-refractivity contribution in [3.05, 3.63) is 64.7 Å². The molecule has 90 valence electrons. The maximum atomic E-state index is 9.51. The monoisotopic (exact) mass is 258 g/mol. The van der Waals surface area contributed by atoms with E-state index in [0.29, 0.717) is 10.6 Å². The summed E-state index contributed by atoms with van der Waals surface area (Å²) >= 11 is 5.96. The summed E-state index contributed by atoms with van der Waals surface area (Å²) in [6.45, 7) is 0. The summed E-state index contributed by atoms with van der Waals surface area (Å²) in [6, 6.07) is 14.3. The van der Waals surface area contributed by atoms with Gasteiger partial charge in [0.25, 0.3) is 0 Å². The molecule has 18 heavy (non-hydrogen) atoms. The summed E-state index contributed by atoms with van der Waals surface area (Å²) in [5, 5.41) is 17.9. The predicted molar refractivity (Wildman–Crippen MR) is 74.7 cm³/mol.